The maximum Gasteiger partial charge on any atom is 0.119 e. The van der Waals surface area contributed by atoms with Crippen molar-refractivity contribution >= 4 is 5.69 Å². The number of ether oxygens (including phenoxy) is 1. The van der Waals surface area contributed by atoms with E-state index >= 15 is 0 Å². The van der Waals surface area contributed by atoms with Gasteiger partial charge in [0.2, 0.25) is 0 Å². The van der Waals surface area contributed by atoms with Crippen molar-refractivity contribution in [3.05, 3.63) is 60.2 Å². The molecule has 0 amide bonds. The van der Waals surface area contributed by atoms with Gasteiger partial charge in [-0.05, 0) is 67.3 Å². The van der Waals surface area contributed by atoms with Gasteiger partial charge in [-0.1, -0.05) is 30.3 Å². The first-order chi connectivity index (χ1) is 11.7. The Kier molecular flexibility index (Phi) is 5.76. The number of para-hydroxylation sites is 1. The van der Waals surface area contributed by atoms with E-state index in [-0.39, 0.29) is 6.10 Å². The van der Waals surface area contributed by atoms with Crippen LogP contribution in [-0.2, 0) is 6.42 Å². The number of hydrogen-bond donors (Lipinski definition) is 2. The van der Waals surface area contributed by atoms with Crippen LogP contribution in [0.25, 0.3) is 0 Å². The third-order valence-corrected chi connectivity index (χ3v) is 5.06. The van der Waals surface area contributed by atoms with E-state index in [1.54, 1.807) is 0 Å². The van der Waals surface area contributed by atoms with E-state index in [0.29, 0.717) is 18.4 Å². The average molecular weight is 325 g/mol. The first-order valence-electron chi connectivity index (χ1n) is 8.87. The van der Waals surface area contributed by atoms with Crippen LogP contribution >= 0.6 is 0 Å². The third-order valence-electron chi connectivity index (χ3n) is 5.06. The van der Waals surface area contributed by atoms with Crippen LogP contribution in [0, 0.1) is 11.8 Å². The summed E-state index contributed by atoms with van der Waals surface area (Å²) in [6.45, 7) is 0.387. The molecule has 3 rings (SSSR count). The molecule has 0 unspecified atom stereocenters. The summed E-state index contributed by atoms with van der Waals surface area (Å²) in [5.41, 5.74) is 2.53. The molecule has 0 radical (unpaired) electrons. The van der Waals surface area contributed by atoms with Crippen LogP contribution in [0.15, 0.2) is 54.6 Å². The van der Waals surface area contributed by atoms with Crippen molar-refractivity contribution in [1.82, 2.24) is 0 Å². The Morgan fingerprint density at radius 3 is 2.54 bits per heavy atom. The normalized spacial score (nSPS) is 21.4. The van der Waals surface area contributed by atoms with Gasteiger partial charge in [0.05, 0.1) is 6.10 Å². The van der Waals surface area contributed by atoms with Gasteiger partial charge in [0.15, 0.2) is 0 Å². The van der Waals surface area contributed by atoms with Crippen molar-refractivity contribution in [2.75, 3.05) is 19.0 Å². The fraction of sp³-hybridized carbons (Fsp3) is 0.429. The Morgan fingerprint density at radius 2 is 1.83 bits per heavy atom. The average Bonchev–Trinajstić information content (AvgIpc) is 3.10. The molecule has 1 aliphatic carbocycles. The molecule has 2 aromatic carbocycles. The van der Waals surface area contributed by atoms with Crippen molar-refractivity contribution in [1.29, 1.82) is 0 Å². The van der Waals surface area contributed by atoms with Crippen molar-refractivity contribution in [3.8, 4) is 5.75 Å². The highest BCUT2D eigenvalue weighted by atomic mass is 16.5. The maximum absolute atomic E-state index is 10.4. The molecule has 1 saturated carbocycles. The molecule has 0 aromatic heterocycles. The van der Waals surface area contributed by atoms with E-state index in [1.165, 1.54) is 12.0 Å². The number of aliphatic hydroxyl groups excluding tert-OH is 1. The Hall–Kier alpha value is -2.00. The standard InChI is InChI=1S/C21H27NO2/c1-22-19-11-8-16(9-12-19)13-17-7-10-18(14-17)21(23)15-24-20-5-3-2-4-6-20/h2-6,8-9,11-12,17-18,21-23H,7,10,13-15H2,1H3/t17-,18-,21+/m0/s1. The predicted octanol–water partition coefficient (Wildman–Crippen LogP) is 4.13. The summed E-state index contributed by atoms with van der Waals surface area (Å²) in [7, 11) is 1.94. The molecule has 3 heteroatoms. The summed E-state index contributed by atoms with van der Waals surface area (Å²) >= 11 is 0. The molecule has 3 nitrogen and oxygen atoms in total. The van der Waals surface area contributed by atoms with Gasteiger partial charge in [0.1, 0.15) is 12.4 Å². The van der Waals surface area contributed by atoms with Gasteiger partial charge in [-0.25, -0.2) is 0 Å². The summed E-state index contributed by atoms with van der Waals surface area (Å²) in [5.74, 6) is 1.85. The molecule has 0 bridgehead atoms. The van der Waals surface area contributed by atoms with E-state index in [9.17, 15) is 5.11 Å². The number of benzene rings is 2. The van der Waals surface area contributed by atoms with Crippen LogP contribution in [0.1, 0.15) is 24.8 Å². The van der Waals surface area contributed by atoms with Crippen LogP contribution < -0.4 is 10.1 Å². The smallest absolute Gasteiger partial charge is 0.119 e. The van der Waals surface area contributed by atoms with Crippen LogP contribution in [0.5, 0.6) is 5.75 Å². The minimum Gasteiger partial charge on any atom is -0.491 e. The monoisotopic (exact) mass is 325 g/mol. The molecule has 24 heavy (non-hydrogen) atoms. The Balaban J connectivity index is 1.45. The van der Waals surface area contributed by atoms with Gasteiger partial charge in [0, 0.05) is 12.7 Å². The third kappa shape index (κ3) is 4.51. The molecule has 0 aliphatic heterocycles. The van der Waals surface area contributed by atoms with Crippen molar-refractivity contribution in [2.45, 2.75) is 31.8 Å². The molecule has 0 heterocycles. The van der Waals surface area contributed by atoms with Gasteiger partial charge in [0.25, 0.3) is 0 Å². The van der Waals surface area contributed by atoms with Gasteiger partial charge >= 0.3 is 0 Å². The first kappa shape index (κ1) is 16.8. The largest absolute Gasteiger partial charge is 0.491 e. The first-order valence-corrected chi connectivity index (χ1v) is 8.87. The summed E-state index contributed by atoms with van der Waals surface area (Å²) in [5, 5.41) is 13.6. The Bertz CT molecular complexity index is 611. The highest BCUT2D eigenvalue weighted by molar-refractivity contribution is 5.43. The number of aliphatic hydroxyl groups is 1. The highest BCUT2D eigenvalue weighted by Gasteiger charge is 2.30. The van der Waals surface area contributed by atoms with E-state index in [1.807, 2.05) is 37.4 Å². The minimum absolute atomic E-state index is 0.357. The predicted molar refractivity (Wildman–Crippen MR) is 98.5 cm³/mol. The van der Waals surface area contributed by atoms with E-state index in [4.69, 9.17) is 4.74 Å². The molecular formula is C21H27NO2. The van der Waals surface area contributed by atoms with Crippen LogP contribution in [0.4, 0.5) is 5.69 Å². The van der Waals surface area contributed by atoms with Gasteiger partial charge < -0.3 is 15.2 Å². The Morgan fingerprint density at radius 1 is 1.08 bits per heavy atom. The molecule has 1 fully saturated rings. The summed E-state index contributed by atoms with van der Waals surface area (Å²) < 4.78 is 5.70. The van der Waals surface area contributed by atoms with Crippen LogP contribution in [-0.4, -0.2) is 24.9 Å². The zero-order chi connectivity index (χ0) is 16.8. The molecule has 0 saturated heterocycles. The van der Waals surface area contributed by atoms with Crippen LogP contribution in [0.2, 0.25) is 0 Å². The number of nitrogens with one attached hydrogen (secondary N) is 1. The molecular weight excluding hydrogens is 298 g/mol. The van der Waals surface area contributed by atoms with Gasteiger partial charge in [-0.2, -0.15) is 0 Å². The fourth-order valence-corrected chi connectivity index (χ4v) is 3.62. The van der Waals surface area contributed by atoms with Crippen molar-refractivity contribution in [2.24, 2.45) is 11.8 Å². The molecule has 2 N–H and O–H groups in total. The highest BCUT2D eigenvalue weighted by Crippen LogP contribution is 2.35. The fourth-order valence-electron chi connectivity index (χ4n) is 3.62. The quantitative estimate of drug-likeness (QED) is 0.804. The van der Waals surface area contributed by atoms with E-state index in [2.05, 4.69) is 29.6 Å². The van der Waals surface area contributed by atoms with E-state index < -0.39 is 0 Å². The minimum atomic E-state index is -0.373. The lowest BCUT2D eigenvalue weighted by atomic mass is 9.95. The van der Waals surface area contributed by atoms with Crippen molar-refractivity contribution in [3.63, 3.8) is 0 Å². The summed E-state index contributed by atoms with van der Waals surface area (Å²) in [6.07, 6.45) is 4.11. The molecule has 0 spiro atoms. The lowest BCUT2D eigenvalue weighted by molar-refractivity contribution is 0.0577. The number of hydrogen-bond acceptors (Lipinski definition) is 3. The maximum atomic E-state index is 10.4. The lowest BCUT2D eigenvalue weighted by Crippen LogP contribution is -2.25. The molecule has 128 valence electrons. The second kappa shape index (κ2) is 8.20. The van der Waals surface area contributed by atoms with Gasteiger partial charge in [-0.3, -0.25) is 0 Å². The summed E-state index contributed by atoms with van der Waals surface area (Å²) in [6, 6.07) is 18.4. The summed E-state index contributed by atoms with van der Waals surface area (Å²) in [4.78, 5) is 0. The topological polar surface area (TPSA) is 41.5 Å². The molecule has 2 aromatic rings. The second-order valence-corrected chi connectivity index (χ2v) is 6.78. The van der Waals surface area contributed by atoms with E-state index in [0.717, 1.165) is 30.7 Å². The van der Waals surface area contributed by atoms with Crippen LogP contribution in [0.3, 0.4) is 0 Å². The number of anilines is 1. The molecule has 1 aliphatic rings. The van der Waals surface area contributed by atoms with Gasteiger partial charge in [-0.15, -0.1) is 0 Å². The lowest BCUT2D eigenvalue weighted by Gasteiger charge is -2.19. The number of rotatable bonds is 7. The Labute approximate surface area is 144 Å². The molecule has 3 atom stereocenters. The second-order valence-electron chi connectivity index (χ2n) is 6.78. The zero-order valence-electron chi connectivity index (χ0n) is 14.3. The SMILES string of the molecule is CNc1ccc(C[C@@H]2CC[C@H]([C@H](O)COc3ccccc3)C2)cc1. The zero-order valence-corrected chi connectivity index (χ0v) is 14.3. The van der Waals surface area contributed by atoms with Crippen molar-refractivity contribution < 1.29 is 9.84 Å².